The molecule has 1 aliphatic rings. The first-order chi connectivity index (χ1) is 18.2. The van der Waals surface area contributed by atoms with Crippen LogP contribution in [0.4, 0.5) is 23.4 Å². The van der Waals surface area contributed by atoms with E-state index in [0.717, 1.165) is 23.6 Å². The van der Waals surface area contributed by atoms with Crippen molar-refractivity contribution in [1.29, 1.82) is 0 Å². The zero-order valence-corrected chi connectivity index (χ0v) is 22.3. The summed E-state index contributed by atoms with van der Waals surface area (Å²) in [5.41, 5.74) is -2.84. The Morgan fingerprint density at radius 2 is 1.92 bits per heavy atom. The van der Waals surface area contributed by atoms with Gasteiger partial charge in [0.25, 0.3) is 0 Å². The van der Waals surface area contributed by atoms with Gasteiger partial charge in [-0.1, -0.05) is 13.3 Å². The van der Waals surface area contributed by atoms with Crippen molar-refractivity contribution in [3.8, 4) is 11.1 Å². The van der Waals surface area contributed by atoms with Gasteiger partial charge in [-0.2, -0.15) is 18.3 Å². The van der Waals surface area contributed by atoms with Crippen molar-refractivity contribution in [2.75, 3.05) is 5.32 Å². The minimum Gasteiger partial charge on any atom is -0.375 e. The van der Waals surface area contributed by atoms with Crippen LogP contribution >= 0.6 is 0 Å². The predicted octanol–water partition coefficient (Wildman–Crippen LogP) is 5.97. The van der Waals surface area contributed by atoms with Crippen molar-refractivity contribution in [2.45, 2.75) is 71.1 Å². The van der Waals surface area contributed by atoms with Crippen molar-refractivity contribution in [1.82, 2.24) is 14.8 Å². The molecule has 1 aromatic carbocycles. The first-order valence-corrected chi connectivity index (χ1v) is 13.0. The van der Waals surface area contributed by atoms with Gasteiger partial charge in [0.1, 0.15) is 17.1 Å². The Balaban J connectivity index is 1.65. The monoisotopic (exact) mass is 548 g/mol. The van der Waals surface area contributed by atoms with Gasteiger partial charge >= 0.3 is 6.18 Å². The number of aliphatic hydroxyl groups is 1. The van der Waals surface area contributed by atoms with Crippen LogP contribution in [0.2, 0.25) is 0 Å². The number of hydrogen-bond acceptors (Lipinski definition) is 5. The van der Waals surface area contributed by atoms with Crippen LogP contribution < -0.4 is 5.32 Å². The van der Waals surface area contributed by atoms with Crippen LogP contribution in [-0.2, 0) is 22.2 Å². The molecule has 3 atom stereocenters. The Kier molecular flexibility index (Phi) is 7.84. The van der Waals surface area contributed by atoms with Gasteiger partial charge in [-0.15, -0.1) is 0 Å². The first-order valence-electron chi connectivity index (χ1n) is 13.0. The number of amides is 1. The molecule has 1 fully saturated rings. The summed E-state index contributed by atoms with van der Waals surface area (Å²) in [6.07, 6.45) is 0.490. The number of benzene rings is 1. The number of halogens is 4. The Morgan fingerprint density at radius 1 is 1.21 bits per heavy atom. The molecule has 39 heavy (non-hydrogen) atoms. The summed E-state index contributed by atoms with van der Waals surface area (Å²) in [5, 5.41) is 16.9. The Labute approximate surface area is 223 Å². The van der Waals surface area contributed by atoms with Gasteiger partial charge in [-0.25, -0.2) is 9.37 Å². The van der Waals surface area contributed by atoms with E-state index in [1.54, 1.807) is 13.0 Å². The molecule has 1 aliphatic carbocycles. The van der Waals surface area contributed by atoms with Gasteiger partial charge in [0.2, 0.25) is 5.91 Å². The van der Waals surface area contributed by atoms with Crippen molar-refractivity contribution in [3.63, 3.8) is 0 Å². The van der Waals surface area contributed by atoms with Gasteiger partial charge in [0, 0.05) is 37.4 Å². The molecule has 0 unspecified atom stereocenters. The first kappa shape index (κ1) is 28.7. The number of hydrogen-bond donors (Lipinski definition) is 2. The summed E-state index contributed by atoms with van der Waals surface area (Å²) in [6, 6.07) is 4.06. The van der Waals surface area contributed by atoms with Gasteiger partial charge in [0.15, 0.2) is 11.4 Å². The molecule has 2 aromatic heterocycles. The molecule has 2 heterocycles. The summed E-state index contributed by atoms with van der Waals surface area (Å²) in [6.45, 7) is 4.14. The van der Waals surface area contributed by atoms with Crippen molar-refractivity contribution < 1.29 is 32.3 Å². The largest absolute Gasteiger partial charge is 0.422 e. The van der Waals surface area contributed by atoms with E-state index >= 15 is 4.39 Å². The quantitative estimate of drug-likeness (QED) is 0.355. The summed E-state index contributed by atoms with van der Waals surface area (Å²) in [4.78, 5) is 29.2. The normalized spacial score (nSPS) is 19.6. The second-order valence-corrected chi connectivity index (χ2v) is 10.6. The van der Waals surface area contributed by atoms with Gasteiger partial charge in [-0.05, 0) is 73.9 Å². The van der Waals surface area contributed by atoms with E-state index < -0.39 is 23.3 Å². The standard InChI is InChI=1S/C28H32F4N4O3/c1-5-19(37)10-16-7-6-8-17(9-16)26(38)34-23-13-20(15(2)14-33-23)18-11-21-24(22(29)12-18)35-36(4)25(21)27(3,39)28(30,31)32/h11-14,16-17,39H,5-10H2,1-4H3,(H,33,34,38)/t16-,17+,27-/m1/s1. The molecule has 210 valence electrons. The average molecular weight is 549 g/mol. The minimum absolute atomic E-state index is 0.167. The number of carbonyl (C=O) groups is 2. The molecule has 3 aromatic rings. The van der Waals surface area contributed by atoms with Gasteiger partial charge in [0.05, 0.1) is 5.69 Å². The molecule has 4 rings (SSSR count). The molecule has 1 saturated carbocycles. The molecule has 0 bridgehead atoms. The number of carbonyl (C=O) groups excluding carboxylic acids is 2. The SMILES string of the molecule is CCC(=O)C[C@@H]1CCC[C@H](C(=O)Nc2cc(-c3cc(F)c4nn(C)c([C@@](C)(O)C(F)(F)F)c4c3)c(C)cn2)C1. The van der Waals surface area contributed by atoms with Crippen molar-refractivity contribution in [3.05, 3.63) is 41.5 Å². The molecular formula is C28H32F4N4O3. The highest BCUT2D eigenvalue weighted by Gasteiger charge is 2.54. The maximum Gasteiger partial charge on any atom is 0.422 e. The summed E-state index contributed by atoms with van der Waals surface area (Å²) >= 11 is 0. The Hall–Kier alpha value is -3.34. The van der Waals surface area contributed by atoms with E-state index in [9.17, 15) is 27.9 Å². The van der Waals surface area contributed by atoms with Crippen LogP contribution in [0, 0.1) is 24.6 Å². The number of aromatic nitrogens is 3. The molecule has 11 heteroatoms. The van der Waals surface area contributed by atoms with Crippen LogP contribution in [0.25, 0.3) is 22.0 Å². The lowest BCUT2D eigenvalue weighted by Crippen LogP contribution is -2.41. The average Bonchev–Trinajstić information content (AvgIpc) is 3.21. The zero-order chi connectivity index (χ0) is 28.7. The molecule has 2 N–H and O–H groups in total. The van der Waals surface area contributed by atoms with Crippen LogP contribution in [0.5, 0.6) is 0 Å². The number of nitrogens with one attached hydrogen (secondary N) is 1. The van der Waals surface area contributed by atoms with Gasteiger partial charge in [-0.3, -0.25) is 14.3 Å². The maximum atomic E-state index is 15.1. The van der Waals surface area contributed by atoms with E-state index in [1.807, 2.05) is 6.92 Å². The van der Waals surface area contributed by atoms with Crippen molar-refractivity contribution in [2.24, 2.45) is 18.9 Å². The second-order valence-electron chi connectivity index (χ2n) is 10.6. The number of ketones is 1. The number of nitrogens with zero attached hydrogens (tertiary/aromatic N) is 3. The van der Waals surface area contributed by atoms with Crippen LogP contribution in [-0.4, -0.2) is 37.7 Å². The third kappa shape index (κ3) is 5.68. The summed E-state index contributed by atoms with van der Waals surface area (Å²) in [7, 11) is 1.22. The van der Waals surface area contributed by atoms with E-state index in [2.05, 4.69) is 15.4 Å². The molecule has 7 nitrogen and oxygen atoms in total. The van der Waals surface area contributed by atoms with Crippen LogP contribution in [0.15, 0.2) is 24.4 Å². The zero-order valence-electron chi connectivity index (χ0n) is 22.3. The molecule has 0 radical (unpaired) electrons. The van der Waals surface area contributed by atoms with E-state index in [0.29, 0.717) is 43.7 Å². The minimum atomic E-state index is -5.02. The Morgan fingerprint density at radius 3 is 2.59 bits per heavy atom. The number of Topliss-reactive ketones (excluding diaryl/α,β-unsaturated/α-hetero) is 1. The lowest BCUT2D eigenvalue weighted by atomic mass is 9.78. The predicted molar refractivity (Wildman–Crippen MR) is 138 cm³/mol. The fourth-order valence-electron chi connectivity index (χ4n) is 5.43. The number of rotatable bonds is 7. The smallest absolute Gasteiger partial charge is 0.375 e. The topological polar surface area (TPSA) is 97.1 Å². The van der Waals surface area contributed by atoms with Crippen LogP contribution in [0.3, 0.4) is 0 Å². The third-order valence-electron chi connectivity index (χ3n) is 7.63. The fourth-order valence-corrected chi connectivity index (χ4v) is 5.43. The molecule has 0 saturated heterocycles. The molecule has 0 spiro atoms. The second kappa shape index (κ2) is 10.7. The molecule has 1 amide bonds. The highest BCUT2D eigenvalue weighted by Crippen LogP contribution is 2.42. The van der Waals surface area contributed by atoms with E-state index in [1.165, 1.54) is 19.3 Å². The molecular weight excluding hydrogens is 516 g/mol. The third-order valence-corrected chi connectivity index (χ3v) is 7.63. The maximum absolute atomic E-state index is 15.1. The van der Waals surface area contributed by atoms with Crippen molar-refractivity contribution >= 4 is 28.4 Å². The van der Waals surface area contributed by atoms with E-state index in [4.69, 9.17) is 0 Å². The number of alkyl halides is 3. The lowest BCUT2D eigenvalue weighted by Gasteiger charge is -2.28. The summed E-state index contributed by atoms with van der Waals surface area (Å²) < 4.78 is 57.0. The molecule has 0 aliphatic heterocycles. The fraction of sp³-hybridized carbons (Fsp3) is 0.500. The number of aryl methyl sites for hydroxylation is 2. The number of pyridine rings is 1. The van der Waals surface area contributed by atoms with E-state index in [-0.39, 0.29) is 45.8 Å². The highest BCUT2D eigenvalue weighted by molar-refractivity contribution is 5.93. The van der Waals surface area contributed by atoms with Gasteiger partial charge < -0.3 is 10.4 Å². The highest BCUT2D eigenvalue weighted by atomic mass is 19.4. The van der Waals surface area contributed by atoms with Crippen LogP contribution in [0.1, 0.15) is 63.6 Å². The Bertz CT molecular complexity index is 1410. The number of fused-ring (bicyclic) bond motifs is 1. The number of anilines is 1. The summed E-state index contributed by atoms with van der Waals surface area (Å²) in [5.74, 6) is -0.760. The lowest BCUT2D eigenvalue weighted by molar-refractivity contribution is -0.260.